The Morgan fingerprint density at radius 2 is 1.86 bits per heavy atom. The van der Waals surface area contributed by atoms with E-state index in [0.717, 1.165) is 0 Å². The van der Waals surface area contributed by atoms with Crippen LogP contribution in [0.5, 0.6) is 0 Å². The summed E-state index contributed by atoms with van der Waals surface area (Å²) in [7, 11) is 1.51. The Bertz CT molecular complexity index is 623. The summed E-state index contributed by atoms with van der Waals surface area (Å²) in [5, 5.41) is 13.9. The number of amides is 3. The topological polar surface area (TPSA) is 105 Å². The second-order valence-corrected chi connectivity index (χ2v) is 5.86. The largest absolute Gasteiger partial charge is 0.478 e. The molecule has 3 N–H and O–H groups in total. The van der Waals surface area contributed by atoms with Gasteiger partial charge in [0.25, 0.3) is 5.91 Å². The predicted molar refractivity (Wildman–Crippen MR) is 77.4 cm³/mol. The third kappa shape index (κ3) is 2.33. The quantitative estimate of drug-likeness (QED) is 0.706. The van der Waals surface area contributed by atoms with Crippen molar-refractivity contribution in [2.45, 2.75) is 19.4 Å². The van der Waals surface area contributed by atoms with Gasteiger partial charge in [-0.05, 0) is 17.7 Å². The first-order valence-corrected chi connectivity index (χ1v) is 6.71. The maximum absolute atomic E-state index is 12.5. The van der Waals surface area contributed by atoms with Crippen LogP contribution in [0.25, 0.3) is 0 Å². The number of methoxy groups -OCH3 is 1. The molecule has 22 heavy (non-hydrogen) atoms. The Morgan fingerprint density at radius 1 is 1.27 bits per heavy atom. The van der Waals surface area contributed by atoms with Crippen molar-refractivity contribution in [3.8, 4) is 0 Å². The molecule has 1 heterocycles. The van der Waals surface area contributed by atoms with Crippen molar-refractivity contribution >= 4 is 17.9 Å². The second-order valence-electron chi connectivity index (χ2n) is 5.86. The Kier molecular flexibility index (Phi) is 3.93. The lowest BCUT2D eigenvalue weighted by Gasteiger charge is -2.41. The number of hydrogen-bond donors (Lipinski definition) is 3. The molecule has 1 aliphatic heterocycles. The Hall–Kier alpha value is -2.41. The van der Waals surface area contributed by atoms with Crippen LogP contribution in [0, 0.1) is 5.41 Å². The highest BCUT2D eigenvalue weighted by molar-refractivity contribution is 6.08. The molecule has 0 aliphatic carbocycles. The van der Waals surface area contributed by atoms with Crippen LogP contribution in [0.15, 0.2) is 24.3 Å². The number of urea groups is 1. The minimum absolute atomic E-state index is 0.105. The highest BCUT2D eigenvalue weighted by Gasteiger charge is 2.57. The number of nitrogens with one attached hydrogen (secondary N) is 2. The van der Waals surface area contributed by atoms with Crippen LogP contribution in [0.3, 0.4) is 0 Å². The lowest BCUT2D eigenvalue weighted by molar-refractivity contribution is -0.130. The van der Waals surface area contributed by atoms with E-state index < -0.39 is 28.9 Å². The zero-order valence-corrected chi connectivity index (χ0v) is 12.6. The van der Waals surface area contributed by atoms with E-state index in [9.17, 15) is 14.4 Å². The minimum atomic E-state index is -1.32. The van der Waals surface area contributed by atoms with Crippen molar-refractivity contribution in [2.75, 3.05) is 13.7 Å². The van der Waals surface area contributed by atoms with Gasteiger partial charge in [-0.2, -0.15) is 0 Å². The monoisotopic (exact) mass is 306 g/mol. The molecule has 1 atom stereocenters. The summed E-state index contributed by atoms with van der Waals surface area (Å²) < 4.78 is 5.19. The van der Waals surface area contributed by atoms with E-state index in [0.29, 0.717) is 5.56 Å². The smallest absolute Gasteiger partial charge is 0.335 e. The number of carbonyl (C=O) groups is 3. The normalized spacial score (nSPS) is 21.4. The average Bonchev–Trinajstić information content (AvgIpc) is 2.75. The molecule has 7 nitrogen and oxygen atoms in total. The van der Waals surface area contributed by atoms with Crippen molar-refractivity contribution in [1.29, 1.82) is 0 Å². The maximum Gasteiger partial charge on any atom is 0.335 e. The average molecular weight is 306 g/mol. The predicted octanol–water partition coefficient (Wildman–Crippen LogP) is 1.09. The molecule has 0 saturated carbocycles. The summed E-state index contributed by atoms with van der Waals surface area (Å²) >= 11 is 0. The van der Waals surface area contributed by atoms with Gasteiger partial charge in [0.1, 0.15) is 0 Å². The third-order valence-electron chi connectivity index (χ3n) is 3.95. The summed E-state index contributed by atoms with van der Waals surface area (Å²) in [4.78, 5) is 35.1. The number of carboxylic acids is 1. The van der Waals surface area contributed by atoms with Gasteiger partial charge < -0.3 is 15.2 Å². The van der Waals surface area contributed by atoms with Crippen molar-refractivity contribution in [3.63, 3.8) is 0 Å². The first kappa shape index (κ1) is 16.0. The van der Waals surface area contributed by atoms with E-state index in [2.05, 4.69) is 10.6 Å². The minimum Gasteiger partial charge on any atom is -0.478 e. The fourth-order valence-corrected chi connectivity index (χ4v) is 2.86. The van der Waals surface area contributed by atoms with Crippen LogP contribution >= 0.6 is 0 Å². The number of benzene rings is 1. The lowest BCUT2D eigenvalue weighted by atomic mass is 9.68. The van der Waals surface area contributed by atoms with Crippen LogP contribution in [0.2, 0.25) is 0 Å². The third-order valence-corrected chi connectivity index (χ3v) is 3.95. The first-order chi connectivity index (χ1) is 10.2. The molecule has 0 radical (unpaired) electrons. The summed E-state index contributed by atoms with van der Waals surface area (Å²) in [5.74, 6) is -1.54. The van der Waals surface area contributed by atoms with E-state index in [4.69, 9.17) is 9.84 Å². The molecule has 118 valence electrons. The van der Waals surface area contributed by atoms with Gasteiger partial charge in [-0.25, -0.2) is 9.59 Å². The molecule has 0 aromatic heterocycles. The number of carbonyl (C=O) groups excluding carboxylic acids is 2. The Balaban J connectivity index is 2.57. The number of carboxylic acid groups (broad SMARTS) is 1. The molecule has 1 saturated heterocycles. The highest BCUT2D eigenvalue weighted by Crippen LogP contribution is 2.42. The van der Waals surface area contributed by atoms with Crippen molar-refractivity contribution in [1.82, 2.24) is 10.6 Å². The lowest BCUT2D eigenvalue weighted by Crippen LogP contribution is -2.56. The van der Waals surface area contributed by atoms with E-state index in [1.54, 1.807) is 13.8 Å². The van der Waals surface area contributed by atoms with Crippen LogP contribution in [-0.2, 0) is 15.1 Å². The molecule has 1 aromatic carbocycles. The van der Waals surface area contributed by atoms with Crippen molar-refractivity contribution in [2.24, 2.45) is 5.41 Å². The van der Waals surface area contributed by atoms with Gasteiger partial charge in [-0.15, -0.1) is 0 Å². The number of ether oxygens (including phenoxy) is 1. The van der Waals surface area contributed by atoms with Gasteiger partial charge >= 0.3 is 12.0 Å². The number of aromatic carboxylic acids is 1. The number of hydrogen-bond acceptors (Lipinski definition) is 4. The molecular formula is C15H18N2O5. The SMILES string of the molecule is COCC(C)(C)C1(c2ccc(C(=O)O)cc2)NC(=O)NC1=O. The van der Waals surface area contributed by atoms with Gasteiger partial charge in [0, 0.05) is 12.5 Å². The Labute approximate surface area is 127 Å². The summed E-state index contributed by atoms with van der Waals surface area (Å²) in [5.41, 5.74) is -1.46. The number of imide groups is 1. The van der Waals surface area contributed by atoms with E-state index >= 15 is 0 Å². The summed E-state index contributed by atoms with van der Waals surface area (Å²) in [6.07, 6.45) is 0. The van der Waals surface area contributed by atoms with Crippen LogP contribution < -0.4 is 10.6 Å². The Morgan fingerprint density at radius 3 is 2.27 bits per heavy atom. The fourth-order valence-electron chi connectivity index (χ4n) is 2.86. The van der Waals surface area contributed by atoms with Crippen LogP contribution in [0.1, 0.15) is 29.8 Å². The summed E-state index contributed by atoms with van der Waals surface area (Å²) in [6.45, 7) is 3.82. The molecule has 3 amide bonds. The molecule has 2 rings (SSSR count). The van der Waals surface area contributed by atoms with Crippen LogP contribution in [-0.4, -0.2) is 36.7 Å². The maximum atomic E-state index is 12.5. The highest BCUT2D eigenvalue weighted by atomic mass is 16.5. The second kappa shape index (κ2) is 5.42. The number of rotatable bonds is 5. The van der Waals surface area contributed by atoms with Gasteiger partial charge in [0.05, 0.1) is 12.2 Å². The van der Waals surface area contributed by atoms with Gasteiger partial charge in [-0.1, -0.05) is 26.0 Å². The molecule has 0 spiro atoms. The van der Waals surface area contributed by atoms with E-state index in [1.165, 1.54) is 31.4 Å². The summed E-state index contributed by atoms with van der Waals surface area (Å²) in [6, 6.07) is 5.29. The van der Waals surface area contributed by atoms with Gasteiger partial charge in [-0.3, -0.25) is 10.1 Å². The molecular weight excluding hydrogens is 288 g/mol. The molecule has 0 bridgehead atoms. The molecule has 1 unspecified atom stereocenters. The zero-order chi connectivity index (χ0) is 16.5. The van der Waals surface area contributed by atoms with E-state index in [-0.39, 0.29) is 12.2 Å². The molecule has 1 fully saturated rings. The van der Waals surface area contributed by atoms with E-state index in [1.807, 2.05) is 0 Å². The first-order valence-electron chi connectivity index (χ1n) is 6.71. The standard InChI is InChI=1S/C15H18N2O5/c1-14(2,8-22-3)15(12(20)16-13(21)17-15)10-6-4-9(5-7-10)11(18)19/h4-7H,8H2,1-3H3,(H,18,19)(H2,16,17,20,21). The molecule has 7 heteroatoms. The van der Waals surface area contributed by atoms with Crippen molar-refractivity contribution in [3.05, 3.63) is 35.4 Å². The molecule has 1 aliphatic rings. The van der Waals surface area contributed by atoms with Gasteiger partial charge in [0.2, 0.25) is 0 Å². The van der Waals surface area contributed by atoms with Crippen LogP contribution in [0.4, 0.5) is 4.79 Å². The molecule has 1 aromatic rings. The van der Waals surface area contributed by atoms with Gasteiger partial charge in [0.15, 0.2) is 5.54 Å². The fraction of sp³-hybridized carbons (Fsp3) is 0.400. The van der Waals surface area contributed by atoms with Crippen molar-refractivity contribution < 1.29 is 24.2 Å². The zero-order valence-electron chi connectivity index (χ0n) is 12.6.